The van der Waals surface area contributed by atoms with Crippen LogP contribution in [0.2, 0.25) is 0 Å². The molecule has 0 saturated carbocycles. The summed E-state index contributed by atoms with van der Waals surface area (Å²) in [6, 6.07) is 2.12. The van der Waals surface area contributed by atoms with E-state index in [-0.39, 0.29) is 23.8 Å². The Bertz CT molecular complexity index is 399. The fourth-order valence-corrected chi connectivity index (χ4v) is 1.06. The molecule has 6 nitrogen and oxygen atoms in total. The van der Waals surface area contributed by atoms with Gasteiger partial charge in [0.1, 0.15) is 0 Å². The lowest BCUT2D eigenvalue weighted by Gasteiger charge is -2.11. The molecule has 0 aliphatic rings. The molecule has 14 heavy (non-hydrogen) atoms. The van der Waals surface area contributed by atoms with E-state index in [0.717, 1.165) is 0 Å². The first-order chi connectivity index (χ1) is 6.56. The molecule has 1 unspecified atom stereocenters. The van der Waals surface area contributed by atoms with Crippen LogP contribution >= 0.6 is 0 Å². The highest BCUT2D eigenvalue weighted by Gasteiger charge is 2.10. The summed E-state index contributed by atoms with van der Waals surface area (Å²) in [4.78, 5) is 21.2. The second-order valence-electron chi connectivity index (χ2n) is 2.97. The van der Waals surface area contributed by atoms with Gasteiger partial charge in [-0.1, -0.05) is 0 Å². The molecular weight excluding hydrogens is 186 g/mol. The van der Waals surface area contributed by atoms with Crippen molar-refractivity contribution in [3.63, 3.8) is 0 Å². The average Bonchev–Trinajstić information content (AvgIpc) is 2.17. The van der Waals surface area contributed by atoms with Crippen molar-refractivity contribution in [3.05, 3.63) is 38.8 Å². The van der Waals surface area contributed by atoms with Crippen LogP contribution in [0, 0.1) is 10.1 Å². The van der Waals surface area contributed by atoms with Crippen molar-refractivity contribution in [2.75, 3.05) is 6.54 Å². The van der Waals surface area contributed by atoms with Gasteiger partial charge in [-0.05, 0) is 6.92 Å². The Kier molecular flexibility index (Phi) is 2.98. The zero-order chi connectivity index (χ0) is 10.7. The lowest BCUT2D eigenvalue weighted by Crippen LogP contribution is -2.26. The van der Waals surface area contributed by atoms with Gasteiger partial charge in [0.25, 0.3) is 11.2 Å². The maximum absolute atomic E-state index is 11.3. The van der Waals surface area contributed by atoms with Gasteiger partial charge in [0.2, 0.25) is 0 Å². The second-order valence-corrected chi connectivity index (χ2v) is 2.97. The highest BCUT2D eigenvalue weighted by atomic mass is 16.6. The van der Waals surface area contributed by atoms with Crippen molar-refractivity contribution in [3.8, 4) is 0 Å². The Hall–Kier alpha value is -1.69. The maximum atomic E-state index is 11.3. The normalized spacial score (nSPS) is 12.4. The van der Waals surface area contributed by atoms with Crippen LogP contribution in [0.3, 0.4) is 0 Å². The molecule has 0 aliphatic heterocycles. The highest BCUT2D eigenvalue weighted by molar-refractivity contribution is 5.25. The number of rotatable bonds is 3. The Morgan fingerprint density at radius 1 is 1.64 bits per heavy atom. The number of nitrogens with zero attached hydrogens (tertiary/aromatic N) is 2. The van der Waals surface area contributed by atoms with Crippen LogP contribution in [0.1, 0.15) is 13.0 Å². The molecule has 1 heterocycles. The fraction of sp³-hybridized carbons (Fsp3) is 0.375. The van der Waals surface area contributed by atoms with E-state index in [9.17, 15) is 14.9 Å². The first-order valence-corrected chi connectivity index (χ1v) is 4.13. The molecule has 0 radical (unpaired) electrons. The van der Waals surface area contributed by atoms with E-state index in [1.807, 2.05) is 0 Å². The molecule has 2 N–H and O–H groups in total. The van der Waals surface area contributed by atoms with Gasteiger partial charge in [-0.2, -0.15) is 0 Å². The number of pyridine rings is 1. The maximum Gasteiger partial charge on any atom is 0.285 e. The SMILES string of the molecule is CC(CN)n1cc([N+](=O)[O-])ccc1=O. The summed E-state index contributed by atoms with van der Waals surface area (Å²) < 4.78 is 1.26. The first-order valence-electron chi connectivity index (χ1n) is 4.13. The average molecular weight is 197 g/mol. The van der Waals surface area contributed by atoms with Crippen LogP contribution < -0.4 is 11.3 Å². The van der Waals surface area contributed by atoms with Gasteiger partial charge in [0.15, 0.2) is 0 Å². The predicted octanol–water partition coefficient (Wildman–Crippen LogP) is 0.276. The van der Waals surface area contributed by atoms with E-state index in [1.165, 1.54) is 22.9 Å². The van der Waals surface area contributed by atoms with Crippen LogP contribution in [0.4, 0.5) is 5.69 Å². The molecular formula is C8H11N3O3. The van der Waals surface area contributed by atoms with E-state index < -0.39 is 4.92 Å². The molecule has 0 aliphatic carbocycles. The Morgan fingerprint density at radius 2 is 2.29 bits per heavy atom. The third-order valence-electron chi connectivity index (χ3n) is 1.95. The van der Waals surface area contributed by atoms with Gasteiger partial charge < -0.3 is 10.3 Å². The Labute approximate surface area is 80.1 Å². The monoisotopic (exact) mass is 197 g/mol. The molecule has 1 rings (SSSR count). The molecule has 1 aromatic rings. The van der Waals surface area contributed by atoms with Crippen LogP contribution in [-0.4, -0.2) is 16.0 Å². The standard InChI is InChI=1S/C8H11N3O3/c1-6(4-9)10-5-7(11(13)14)2-3-8(10)12/h2-3,5-6H,4,9H2,1H3. The van der Waals surface area contributed by atoms with E-state index in [0.29, 0.717) is 0 Å². The van der Waals surface area contributed by atoms with Crippen LogP contribution in [0.15, 0.2) is 23.1 Å². The van der Waals surface area contributed by atoms with Crippen LogP contribution in [-0.2, 0) is 0 Å². The summed E-state index contributed by atoms with van der Waals surface area (Å²) in [6.07, 6.45) is 1.21. The molecule has 6 heteroatoms. The summed E-state index contributed by atoms with van der Waals surface area (Å²) in [6.45, 7) is 1.99. The molecule has 0 bridgehead atoms. The minimum atomic E-state index is -0.542. The lowest BCUT2D eigenvalue weighted by atomic mass is 10.3. The van der Waals surface area contributed by atoms with E-state index in [1.54, 1.807) is 6.92 Å². The van der Waals surface area contributed by atoms with Gasteiger partial charge in [0.05, 0.1) is 11.1 Å². The molecule has 76 valence electrons. The number of nitrogens with two attached hydrogens (primary N) is 1. The summed E-state index contributed by atoms with van der Waals surface area (Å²) in [5, 5.41) is 10.4. The van der Waals surface area contributed by atoms with Crippen molar-refractivity contribution in [1.82, 2.24) is 4.57 Å². The van der Waals surface area contributed by atoms with Gasteiger partial charge in [0, 0.05) is 24.7 Å². The predicted molar refractivity (Wildman–Crippen MR) is 51.1 cm³/mol. The van der Waals surface area contributed by atoms with E-state index in [2.05, 4.69) is 0 Å². The van der Waals surface area contributed by atoms with Gasteiger partial charge in [-0.15, -0.1) is 0 Å². The first kappa shape index (κ1) is 10.4. The van der Waals surface area contributed by atoms with Crippen molar-refractivity contribution in [2.24, 2.45) is 5.73 Å². The quantitative estimate of drug-likeness (QED) is 0.556. The minimum absolute atomic E-state index is 0.107. The summed E-state index contributed by atoms with van der Waals surface area (Å²) >= 11 is 0. The number of hydrogen-bond donors (Lipinski definition) is 1. The smallest absolute Gasteiger partial charge is 0.285 e. The van der Waals surface area contributed by atoms with Crippen molar-refractivity contribution in [1.29, 1.82) is 0 Å². The van der Waals surface area contributed by atoms with Gasteiger partial charge in [-0.3, -0.25) is 14.9 Å². The molecule has 0 saturated heterocycles. The fourth-order valence-electron chi connectivity index (χ4n) is 1.06. The lowest BCUT2D eigenvalue weighted by molar-refractivity contribution is -0.385. The van der Waals surface area contributed by atoms with Gasteiger partial charge in [-0.25, -0.2) is 0 Å². The van der Waals surface area contributed by atoms with Crippen molar-refractivity contribution >= 4 is 5.69 Å². The molecule has 0 spiro atoms. The Morgan fingerprint density at radius 3 is 2.79 bits per heavy atom. The van der Waals surface area contributed by atoms with Gasteiger partial charge >= 0.3 is 0 Å². The summed E-state index contributed by atoms with van der Waals surface area (Å²) in [7, 11) is 0. The molecule has 0 amide bonds. The summed E-state index contributed by atoms with van der Waals surface area (Å²) in [5.74, 6) is 0. The van der Waals surface area contributed by atoms with Crippen molar-refractivity contribution in [2.45, 2.75) is 13.0 Å². The summed E-state index contributed by atoms with van der Waals surface area (Å²) in [5.41, 5.74) is 4.98. The van der Waals surface area contributed by atoms with Crippen LogP contribution in [0.25, 0.3) is 0 Å². The topological polar surface area (TPSA) is 91.2 Å². The zero-order valence-electron chi connectivity index (χ0n) is 7.71. The number of hydrogen-bond acceptors (Lipinski definition) is 4. The highest BCUT2D eigenvalue weighted by Crippen LogP contribution is 2.09. The third kappa shape index (κ3) is 1.97. The molecule has 0 fully saturated rings. The minimum Gasteiger partial charge on any atom is -0.328 e. The zero-order valence-corrected chi connectivity index (χ0v) is 7.71. The van der Waals surface area contributed by atoms with Crippen molar-refractivity contribution < 1.29 is 4.92 Å². The molecule has 1 atom stereocenters. The second kappa shape index (κ2) is 4.01. The number of aromatic nitrogens is 1. The Balaban J connectivity index is 3.21. The molecule has 1 aromatic heterocycles. The number of nitro groups is 1. The van der Waals surface area contributed by atoms with E-state index in [4.69, 9.17) is 5.73 Å². The third-order valence-corrected chi connectivity index (χ3v) is 1.95. The largest absolute Gasteiger partial charge is 0.328 e. The van der Waals surface area contributed by atoms with E-state index >= 15 is 0 Å². The van der Waals surface area contributed by atoms with Crippen LogP contribution in [0.5, 0.6) is 0 Å². The molecule has 0 aromatic carbocycles.